The van der Waals surface area contributed by atoms with Crippen molar-refractivity contribution in [3.63, 3.8) is 0 Å². The Kier molecular flexibility index (Phi) is 5.39. The van der Waals surface area contributed by atoms with Crippen LogP contribution in [0.4, 0.5) is 22.0 Å². The molecule has 9 heteroatoms. The van der Waals surface area contributed by atoms with E-state index < -0.39 is 51.7 Å². The molecule has 2 aromatic carbocycles. The Morgan fingerprint density at radius 1 is 0.967 bits per heavy atom. The molecule has 1 aliphatic rings. The monoisotopic (exact) mass is 444 g/mol. The van der Waals surface area contributed by atoms with E-state index in [1.165, 1.54) is 19.1 Å². The molecule has 0 fully saturated rings. The summed E-state index contributed by atoms with van der Waals surface area (Å²) >= 11 is 0. The molecule has 0 aliphatic heterocycles. The van der Waals surface area contributed by atoms with E-state index in [4.69, 9.17) is 0 Å². The summed E-state index contributed by atoms with van der Waals surface area (Å²) in [6, 6.07) is 7.18. The van der Waals surface area contributed by atoms with Crippen molar-refractivity contribution >= 4 is 26.8 Å². The Morgan fingerprint density at radius 2 is 1.53 bits per heavy atom. The number of carbonyl (C=O) groups excluding carboxylic acids is 1. The van der Waals surface area contributed by atoms with Gasteiger partial charge in [-0.2, -0.15) is 13.2 Å². The summed E-state index contributed by atoms with van der Waals surface area (Å²) in [5.74, 6) is -3.33. The predicted octanol–water partition coefficient (Wildman–Crippen LogP) is 5.21. The molecule has 1 aliphatic carbocycles. The normalized spacial score (nSPS) is 20.2. The molecule has 160 valence electrons. The number of benzene rings is 2. The highest BCUT2D eigenvalue weighted by Crippen LogP contribution is 2.60. The molecule has 0 saturated heterocycles. The van der Waals surface area contributed by atoms with Crippen LogP contribution in [0.15, 0.2) is 47.4 Å². The number of halogens is 5. The maximum atomic E-state index is 14.2. The highest BCUT2D eigenvalue weighted by atomic mass is 32.2. The topological polar surface area (TPSA) is 51.2 Å². The fourth-order valence-corrected chi connectivity index (χ4v) is 4.45. The molecule has 1 atom stereocenters. The lowest BCUT2D eigenvalue weighted by Crippen LogP contribution is -2.37. The van der Waals surface area contributed by atoms with Gasteiger partial charge in [-0.3, -0.25) is 4.79 Å². The summed E-state index contributed by atoms with van der Waals surface area (Å²) < 4.78 is 93.2. The average Bonchev–Trinajstić information content (AvgIpc) is 2.97. The SMILES string of the molecule is CCC1(C(F)(F)F)CC(=O)C(c2ccc(F)c(F)c2)=C1c1ccc(S(C)(=O)=O)cc1. The third-order valence-electron chi connectivity index (χ3n) is 5.40. The van der Waals surface area contributed by atoms with Gasteiger partial charge in [0.25, 0.3) is 0 Å². The van der Waals surface area contributed by atoms with Crippen LogP contribution in [0.3, 0.4) is 0 Å². The third-order valence-corrected chi connectivity index (χ3v) is 6.52. The molecule has 30 heavy (non-hydrogen) atoms. The van der Waals surface area contributed by atoms with Crippen LogP contribution in [0.1, 0.15) is 30.9 Å². The summed E-state index contributed by atoms with van der Waals surface area (Å²) in [6.45, 7) is 1.29. The first kappa shape index (κ1) is 22.1. The van der Waals surface area contributed by atoms with Gasteiger partial charge < -0.3 is 0 Å². The second kappa shape index (κ2) is 7.30. The van der Waals surface area contributed by atoms with Crippen LogP contribution in [-0.2, 0) is 14.6 Å². The summed E-state index contributed by atoms with van der Waals surface area (Å²) in [5, 5.41) is 0. The van der Waals surface area contributed by atoms with Gasteiger partial charge in [0.1, 0.15) is 0 Å². The van der Waals surface area contributed by atoms with Gasteiger partial charge in [-0.1, -0.05) is 25.1 Å². The number of allylic oxidation sites excluding steroid dienone is 2. The van der Waals surface area contributed by atoms with Gasteiger partial charge >= 0.3 is 6.18 Å². The summed E-state index contributed by atoms with van der Waals surface area (Å²) in [7, 11) is -3.59. The number of alkyl halides is 3. The largest absolute Gasteiger partial charge is 0.398 e. The Balaban J connectivity index is 2.36. The molecule has 0 bridgehead atoms. The van der Waals surface area contributed by atoms with Crippen LogP contribution in [0.2, 0.25) is 0 Å². The maximum Gasteiger partial charge on any atom is 0.398 e. The van der Waals surface area contributed by atoms with Crippen LogP contribution in [0.5, 0.6) is 0 Å². The lowest BCUT2D eigenvalue weighted by Gasteiger charge is -2.33. The van der Waals surface area contributed by atoms with E-state index in [2.05, 4.69) is 0 Å². The van der Waals surface area contributed by atoms with Crippen LogP contribution < -0.4 is 0 Å². The highest BCUT2D eigenvalue weighted by molar-refractivity contribution is 7.90. The number of Topliss-reactive ketones (excluding diaryl/α,β-unsaturated/α-hetero) is 1. The van der Waals surface area contributed by atoms with Crippen molar-refractivity contribution < 1.29 is 35.2 Å². The van der Waals surface area contributed by atoms with Gasteiger partial charge in [0.05, 0.1) is 10.3 Å². The predicted molar refractivity (Wildman–Crippen MR) is 101 cm³/mol. The van der Waals surface area contributed by atoms with Crippen molar-refractivity contribution in [3.05, 3.63) is 65.2 Å². The van der Waals surface area contributed by atoms with E-state index in [0.717, 1.165) is 30.5 Å². The lowest BCUT2D eigenvalue weighted by atomic mass is 9.74. The van der Waals surface area contributed by atoms with E-state index in [9.17, 15) is 35.2 Å². The summed E-state index contributed by atoms with van der Waals surface area (Å²) in [6.07, 6.45) is -5.18. The fourth-order valence-electron chi connectivity index (χ4n) is 3.82. The molecule has 0 spiro atoms. The van der Waals surface area contributed by atoms with Crippen LogP contribution >= 0.6 is 0 Å². The van der Waals surface area contributed by atoms with Crippen molar-refractivity contribution in [2.24, 2.45) is 5.41 Å². The maximum absolute atomic E-state index is 14.2. The summed E-state index contributed by atoms with van der Waals surface area (Å²) in [5.41, 5.74) is -3.42. The van der Waals surface area contributed by atoms with E-state index >= 15 is 0 Å². The minimum atomic E-state index is -4.80. The fraction of sp³-hybridized carbons (Fsp3) is 0.286. The molecule has 0 saturated carbocycles. The standard InChI is InChI=1S/C21H17F5O3S/c1-3-20(21(24,25)26)11-17(27)18(13-6-9-15(22)16(23)10-13)19(20)12-4-7-14(8-5-12)30(2,28)29/h4-10H,3,11H2,1-2H3. The molecule has 0 radical (unpaired) electrons. The highest BCUT2D eigenvalue weighted by Gasteiger charge is 2.61. The van der Waals surface area contributed by atoms with E-state index in [-0.39, 0.29) is 27.2 Å². The Labute approximate surface area is 170 Å². The Hall–Kier alpha value is -2.55. The van der Waals surface area contributed by atoms with Crippen LogP contribution in [0.25, 0.3) is 11.1 Å². The lowest BCUT2D eigenvalue weighted by molar-refractivity contribution is -0.202. The van der Waals surface area contributed by atoms with Crippen molar-refractivity contribution in [1.82, 2.24) is 0 Å². The van der Waals surface area contributed by atoms with Crippen molar-refractivity contribution in [2.45, 2.75) is 30.8 Å². The molecule has 3 nitrogen and oxygen atoms in total. The quantitative estimate of drug-likeness (QED) is 0.609. The molecule has 0 aromatic heterocycles. The smallest absolute Gasteiger partial charge is 0.294 e. The van der Waals surface area contributed by atoms with Crippen molar-refractivity contribution in [2.75, 3.05) is 6.26 Å². The molecular formula is C21H17F5O3S. The van der Waals surface area contributed by atoms with Crippen LogP contribution in [0, 0.1) is 17.0 Å². The Morgan fingerprint density at radius 3 is 2.00 bits per heavy atom. The van der Waals surface area contributed by atoms with E-state index in [1.54, 1.807) is 0 Å². The molecule has 2 aromatic rings. The molecule has 1 unspecified atom stereocenters. The molecular weight excluding hydrogens is 427 g/mol. The van der Waals surface area contributed by atoms with Crippen molar-refractivity contribution in [1.29, 1.82) is 0 Å². The van der Waals surface area contributed by atoms with Gasteiger partial charge in [-0.05, 0) is 47.4 Å². The summed E-state index contributed by atoms with van der Waals surface area (Å²) in [4.78, 5) is 12.6. The number of ketones is 1. The third kappa shape index (κ3) is 3.55. The number of carbonyl (C=O) groups is 1. The van der Waals surface area contributed by atoms with Gasteiger partial charge in [0.15, 0.2) is 27.3 Å². The van der Waals surface area contributed by atoms with Gasteiger partial charge in [-0.25, -0.2) is 17.2 Å². The number of hydrogen-bond donors (Lipinski definition) is 0. The first-order valence-corrected chi connectivity index (χ1v) is 10.8. The minimum Gasteiger partial charge on any atom is -0.294 e. The van der Waals surface area contributed by atoms with E-state index in [0.29, 0.717) is 6.07 Å². The van der Waals surface area contributed by atoms with E-state index in [1.807, 2.05) is 0 Å². The number of sulfone groups is 1. The van der Waals surface area contributed by atoms with Gasteiger partial charge in [0, 0.05) is 18.2 Å². The number of rotatable bonds is 4. The first-order chi connectivity index (χ1) is 13.8. The second-order valence-electron chi connectivity index (χ2n) is 7.21. The molecule has 0 amide bonds. The zero-order chi connectivity index (χ0) is 22.5. The zero-order valence-electron chi connectivity index (χ0n) is 16.0. The Bertz CT molecular complexity index is 1150. The average molecular weight is 444 g/mol. The first-order valence-electron chi connectivity index (χ1n) is 8.92. The van der Waals surface area contributed by atoms with Crippen LogP contribution in [-0.4, -0.2) is 26.6 Å². The minimum absolute atomic E-state index is 0.00726. The zero-order valence-corrected chi connectivity index (χ0v) is 16.8. The van der Waals surface area contributed by atoms with Gasteiger partial charge in [0.2, 0.25) is 0 Å². The van der Waals surface area contributed by atoms with Crippen molar-refractivity contribution in [3.8, 4) is 0 Å². The second-order valence-corrected chi connectivity index (χ2v) is 9.22. The number of hydrogen-bond acceptors (Lipinski definition) is 3. The molecule has 3 rings (SSSR count). The molecule has 0 heterocycles. The van der Waals surface area contributed by atoms with Gasteiger partial charge in [-0.15, -0.1) is 0 Å². The molecule has 0 N–H and O–H groups in total.